The molecule has 0 aliphatic carbocycles. The lowest BCUT2D eigenvalue weighted by Crippen LogP contribution is -2.00. The van der Waals surface area contributed by atoms with Gasteiger partial charge in [-0.05, 0) is 43.5 Å². The average molecular weight is 315 g/mol. The molecule has 0 spiro atoms. The maximum atomic E-state index is 13.0. The van der Waals surface area contributed by atoms with Crippen molar-refractivity contribution in [2.75, 3.05) is 5.32 Å². The zero-order valence-corrected chi connectivity index (χ0v) is 12.9. The summed E-state index contributed by atoms with van der Waals surface area (Å²) < 4.78 is 13.0. The van der Waals surface area contributed by atoms with Gasteiger partial charge in [0.05, 0.1) is 5.69 Å². The quantitative estimate of drug-likeness (QED) is 0.734. The first kappa shape index (κ1) is 16.5. The molecule has 120 valence electrons. The summed E-state index contributed by atoms with van der Waals surface area (Å²) >= 11 is 0. The number of nitrogens with one attached hydrogen (secondary N) is 1. The molecule has 1 amide bonds. The van der Waals surface area contributed by atoms with Crippen LogP contribution in [0.3, 0.4) is 0 Å². The summed E-state index contributed by atoms with van der Waals surface area (Å²) in [5, 5.41) is 22.2. The Morgan fingerprint density at radius 1 is 1.17 bits per heavy atom. The first-order chi connectivity index (χ1) is 10.9. The molecule has 0 saturated carbocycles. The maximum Gasteiger partial charge on any atom is 0.211 e. The van der Waals surface area contributed by atoms with Crippen molar-refractivity contribution in [2.45, 2.75) is 20.3 Å². The zero-order chi connectivity index (χ0) is 17.0. The summed E-state index contributed by atoms with van der Waals surface area (Å²) in [6.45, 7) is 3.72. The molecular weight excluding hydrogens is 297 g/mol. The molecule has 23 heavy (non-hydrogen) atoms. The van der Waals surface area contributed by atoms with Gasteiger partial charge in [-0.15, -0.1) is 0 Å². The molecule has 0 heterocycles. The van der Waals surface area contributed by atoms with Crippen LogP contribution in [0, 0.1) is 5.82 Å². The van der Waals surface area contributed by atoms with E-state index in [-0.39, 0.29) is 17.3 Å². The fourth-order valence-corrected chi connectivity index (χ4v) is 2.44. The third kappa shape index (κ3) is 3.88. The topological polar surface area (TPSA) is 69.6 Å². The normalized spacial score (nSPS) is 11.8. The van der Waals surface area contributed by atoms with Crippen LogP contribution in [0.4, 0.5) is 10.1 Å². The van der Waals surface area contributed by atoms with Gasteiger partial charge in [-0.3, -0.25) is 4.79 Å². The minimum absolute atomic E-state index is 0.120. The van der Waals surface area contributed by atoms with Gasteiger partial charge in [0.2, 0.25) is 6.41 Å². The number of hydrogen-bond donors (Lipinski definition) is 3. The van der Waals surface area contributed by atoms with Crippen LogP contribution in [0.1, 0.15) is 25.0 Å². The van der Waals surface area contributed by atoms with E-state index in [2.05, 4.69) is 5.32 Å². The predicted octanol–water partition coefficient (Wildman–Crippen LogP) is 3.84. The van der Waals surface area contributed by atoms with Crippen molar-refractivity contribution in [3.63, 3.8) is 0 Å². The van der Waals surface area contributed by atoms with Crippen LogP contribution in [-0.4, -0.2) is 16.6 Å². The van der Waals surface area contributed by atoms with E-state index in [1.54, 1.807) is 12.1 Å². The third-order valence-electron chi connectivity index (χ3n) is 3.71. The molecule has 0 fully saturated rings. The zero-order valence-electron chi connectivity index (χ0n) is 12.9. The smallest absolute Gasteiger partial charge is 0.211 e. The lowest BCUT2D eigenvalue weighted by atomic mass is 9.95. The highest BCUT2D eigenvalue weighted by molar-refractivity contribution is 5.87. The van der Waals surface area contributed by atoms with Gasteiger partial charge in [0.1, 0.15) is 17.3 Å². The van der Waals surface area contributed by atoms with Gasteiger partial charge >= 0.3 is 0 Å². The number of hydrogen-bond acceptors (Lipinski definition) is 3. The Hall–Kier alpha value is -2.82. The van der Waals surface area contributed by atoms with Gasteiger partial charge < -0.3 is 15.5 Å². The van der Waals surface area contributed by atoms with Crippen molar-refractivity contribution >= 4 is 17.7 Å². The van der Waals surface area contributed by atoms with Crippen molar-refractivity contribution in [3.8, 4) is 11.5 Å². The summed E-state index contributed by atoms with van der Waals surface area (Å²) in [6, 6.07) is 8.80. The molecule has 2 aromatic rings. The standard InChI is InChI=1S/C18H18FNO3/c1-11(7-13-3-5-14(19)6-4-13)12(2)18-16(20-10-21)8-15(22)9-17(18)23/h3-6,8-10,22-23H,7H2,1-2H3,(H,20,21)/b12-11+. The number of rotatable bonds is 5. The van der Waals surface area contributed by atoms with Gasteiger partial charge in [-0.1, -0.05) is 17.7 Å². The average Bonchev–Trinajstić information content (AvgIpc) is 2.49. The van der Waals surface area contributed by atoms with Crippen LogP contribution >= 0.6 is 0 Å². The Morgan fingerprint density at radius 3 is 2.43 bits per heavy atom. The van der Waals surface area contributed by atoms with Crippen molar-refractivity contribution < 1.29 is 19.4 Å². The third-order valence-corrected chi connectivity index (χ3v) is 3.71. The van der Waals surface area contributed by atoms with Crippen molar-refractivity contribution in [2.24, 2.45) is 0 Å². The summed E-state index contributed by atoms with van der Waals surface area (Å²) in [4.78, 5) is 10.7. The fraction of sp³-hybridized carbons (Fsp3) is 0.167. The Bertz CT molecular complexity index is 752. The molecule has 5 heteroatoms. The first-order valence-corrected chi connectivity index (χ1v) is 7.09. The van der Waals surface area contributed by atoms with Gasteiger partial charge in [0.25, 0.3) is 0 Å². The second kappa shape index (κ2) is 6.96. The Morgan fingerprint density at radius 2 is 1.83 bits per heavy atom. The van der Waals surface area contributed by atoms with Gasteiger partial charge in [0.15, 0.2) is 0 Å². The van der Waals surface area contributed by atoms with E-state index >= 15 is 0 Å². The highest BCUT2D eigenvalue weighted by Crippen LogP contribution is 2.37. The summed E-state index contributed by atoms with van der Waals surface area (Å²) in [6.07, 6.45) is 1.06. The lowest BCUT2D eigenvalue weighted by Gasteiger charge is -2.15. The molecule has 2 rings (SSSR count). The molecule has 0 aliphatic heterocycles. The lowest BCUT2D eigenvalue weighted by molar-refractivity contribution is -0.105. The molecule has 0 aliphatic rings. The summed E-state index contributed by atoms with van der Waals surface area (Å²) in [5.74, 6) is -0.550. The Balaban J connectivity index is 2.42. The molecule has 3 N–H and O–H groups in total. The molecule has 4 nitrogen and oxygen atoms in total. The minimum Gasteiger partial charge on any atom is -0.508 e. The molecular formula is C18H18FNO3. The van der Waals surface area contributed by atoms with Gasteiger partial charge in [0, 0.05) is 17.7 Å². The largest absolute Gasteiger partial charge is 0.508 e. The molecule has 0 bridgehead atoms. The number of carbonyl (C=O) groups excluding carboxylic acids is 1. The van der Waals surface area contributed by atoms with E-state index in [1.807, 2.05) is 13.8 Å². The fourth-order valence-electron chi connectivity index (χ4n) is 2.44. The second-order valence-corrected chi connectivity index (χ2v) is 5.36. The molecule has 0 radical (unpaired) electrons. The number of anilines is 1. The van der Waals surface area contributed by atoms with E-state index in [9.17, 15) is 19.4 Å². The van der Waals surface area contributed by atoms with E-state index in [4.69, 9.17) is 0 Å². The number of aromatic hydroxyl groups is 2. The summed E-state index contributed by atoms with van der Waals surface area (Å²) in [7, 11) is 0. The van der Waals surface area contributed by atoms with Crippen LogP contribution in [0.2, 0.25) is 0 Å². The molecule has 0 unspecified atom stereocenters. The van der Waals surface area contributed by atoms with Crippen LogP contribution in [0.25, 0.3) is 5.57 Å². The Labute approximate surface area is 133 Å². The number of benzene rings is 2. The highest BCUT2D eigenvalue weighted by Gasteiger charge is 2.14. The molecule has 0 atom stereocenters. The number of halogens is 1. The number of allylic oxidation sites excluding steroid dienone is 2. The second-order valence-electron chi connectivity index (χ2n) is 5.36. The number of phenols is 2. The number of phenolic OH excluding ortho intramolecular Hbond substituents is 2. The monoisotopic (exact) mass is 315 g/mol. The van der Waals surface area contributed by atoms with E-state index < -0.39 is 0 Å². The van der Waals surface area contributed by atoms with E-state index in [1.165, 1.54) is 24.3 Å². The van der Waals surface area contributed by atoms with Gasteiger partial charge in [-0.25, -0.2) is 4.39 Å². The first-order valence-electron chi connectivity index (χ1n) is 7.09. The van der Waals surface area contributed by atoms with Crippen LogP contribution in [0.5, 0.6) is 11.5 Å². The van der Waals surface area contributed by atoms with E-state index in [0.717, 1.165) is 16.7 Å². The predicted molar refractivity (Wildman–Crippen MR) is 87.8 cm³/mol. The number of amides is 1. The van der Waals surface area contributed by atoms with Crippen molar-refractivity contribution in [1.82, 2.24) is 0 Å². The molecule has 0 aromatic heterocycles. The SMILES string of the molecule is C/C(Cc1ccc(F)cc1)=C(/C)c1c(O)cc(O)cc1NC=O. The maximum absolute atomic E-state index is 13.0. The van der Waals surface area contributed by atoms with Crippen LogP contribution in [-0.2, 0) is 11.2 Å². The molecule has 0 saturated heterocycles. The molecule has 2 aromatic carbocycles. The van der Waals surface area contributed by atoms with Crippen LogP contribution < -0.4 is 5.32 Å². The van der Waals surface area contributed by atoms with E-state index in [0.29, 0.717) is 24.1 Å². The Kier molecular flexibility index (Phi) is 5.01. The van der Waals surface area contributed by atoms with Crippen LogP contribution in [0.15, 0.2) is 42.0 Å². The number of carbonyl (C=O) groups is 1. The van der Waals surface area contributed by atoms with Crippen molar-refractivity contribution in [3.05, 3.63) is 58.9 Å². The minimum atomic E-state index is -0.291. The van der Waals surface area contributed by atoms with Crippen molar-refractivity contribution in [1.29, 1.82) is 0 Å². The summed E-state index contributed by atoms with van der Waals surface area (Å²) in [5.41, 5.74) is 3.44. The highest BCUT2D eigenvalue weighted by atomic mass is 19.1. The van der Waals surface area contributed by atoms with Gasteiger partial charge in [-0.2, -0.15) is 0 Å².